The largest absolute Gasteiger partial charge is 0.374 e. The van der Waals surface area contributed by atoms with Gasteiger partial charge in [0, 0.05) is 26.1 Å². The van der Waals surface area contributed by atoms with Crippen molar-refractivity contribution >= 4 is 5.91 Å². The number of amides is 1. The molecule has 0 radical (unpaired) electrons. The molecule has 82 valence electrons. The zero-order chi connectivity index (χ0) is 10.2. The van der Waals surface area contributed by atoms with Crippen LogP contribution in [0.25, 0.3) is 0 Å². The van der Waals surface area contributed by atoms with E-state index in [1.807, 2.05) is 0 Å². The van der Waals surface area contributed by atoms with Crippen LogP contribution in [0.1, 0.15) is 26.2 Å². The molecule has 1 saturated heterocycles. The fourth-order valence-corrected chi connectivity index (χ4v) is 1.40. The van der Waals surface area contributed by atoms with Crippen molar-refractivity contribution in [1.82, 2.24) is 10.6 Å². The third-order valence-corrected chi connectivity index (χ3v) is 2.29. The Hall–Kier alpha value is -0.610. The number of rotatable bonds is 5. The molecule has 0 aromatic rings. The lowest BCUT2D eigenvalue weighted by molar-refractivity contribution is -0.122. The maximum atomic E-state index is 11.3. The van der Waals surface area contributed by atoms with Crippen LogP contribution in [-0.2, 0) is 9.53 Å². The van der Waals surface area contributed by atoms with E-state index in [9.17, 15) is 4.79 Å². The monoisotopic (exact) mass is 200 g/mol. The first-order chi connectivity index (χ1) is 6.83. The summed E-state index contributed by atoms with van der Waals surface area (Å²) < 4.78 is 5.46. The van der Waals surface area contributed by atoms with E-state index < -0.39 is 0 Å². The number of hydrogen-bond acceptors (Lipinski definition) is 3. The summed E-state index contributed by atoms with van der Waals surface area (Å²) in [6.07, 6.45) is 2.82. The fourth-order valence-electron chi connectivity index (χ4n) is 1.40. The van der Waals surface area contributed by atoms with E-state index in [0.29, 0.717) is 13.0 Å². The second kappa shape index (κ2) is 6.79. The summed E-state index contributed by atoms with van der Waals surface area (Å²) in [6, 6.07) is 0. The van der Waals surface area contributed by atoms with Crippen molar-refractivity contribution in [2.45, 2.75) is 32.3 Å². The lowest BCUT2D eigenvalue weighted by Gasteiger charge is -2.23. The van der Waals surface area contributed by atoms with E-state index in [4.69, 9.17) is 4.74 Å². The standard InChI is InChI=1S/C10H20N2O2/c1-2-3-4-10(13)12-8-9-7-11-5-6-14-9/h9,11H,2-8H2,1H3,(H,12,13). The van der Waals surface area contributed by atoms with Crippen LogP contribution in [0.3, 0.4) is 0 Å². The average molecular weight is 200 g/mol. The summed E-state index contributed by atoms with van der Waals surface area (Å²) in [6.45, 7) is 5.22. The van der Waals surface area contributed by atoms with Crippen molar-refractivity contribution in [3.63, 3.8) is 0 Å². The highest BCUT2D eigenvalue weighted by molar-refractivity contribution is 5.75. The van der Waals surface area contributed by atoms with Crippen LogP contribution in [0.5, 0.6) is 0 Å². The third kappa shape index (κ3) is 4.58. The highest BCUT2D eigenvalue weighted by Crippen LogP contribution is 1.96. The molecular weight excluding hydrogens is 180 g/mol. The van der Waals surface area contributed by atoms with Gasteiger partial charge in [-0.1, -0.05) is 13.3 Å². The van der Waals surface area contributed by atoms with Gasteiger partial charge in [0.05, 0.1) is 12.7 Å². The van der Waals surface area contributed by atoms with E-state index in [-0.39, 0.29) is 12.0 Å². The quantitative estimate of drug-likeness (QED) is 0.670. The Bertz CT molecular complexity index is 168. The molecule has 14 heavy (non-hydrogen) atoms. The molecule has 4 heteroatoms. The maximum Gasteiger partial charge on any atom is 0.220 e. The molecule has 4 nitrogen and oxygen atoms in total. The van der Waals surface area contributed by atoms with Crippen LogP contribution in [0.15, 0.2) is 0 Å². The van der Waals surface area contributed by atoms with Crippen LogP contribution in [0.2, 0.25) is 0 Å². The van der Waals surface area contributed by atoms with Gasteiger partial charge in [0.15, 0.2) is 0 Å². The first kappa shape index (κ1) is 11.5. The molecule has 1 aliphatic rings. The smallest absolute Gasteiger partial charge is 0.220 e. The highest BCUT2D eigenvalue weighted by Gasteiger charge is 2.13. The summed E-state index contributed by atoms with van der Waals surface area (Å²) in [5, 5.41) is 6.11. The minimum absolute atomic E-state index is 0.140. The van der Waals surface area contributed by atoms with Gasteiger partial charge in [-0.25, -0.2) is 0 Å². The second-order valence-corrected chi connectivity index (χ2v) is 3.60. The van der Waals surface area contributed by atoms with Crippen molar-refractivity contribution in [1.29, 1.82) is 0 Å². The molecule has 0 bridgehead atoms. The predicted molar refractivity (Wildman–Crippen MR) is 55.1 cm³/mol. The zero-order valence-electron chi connectivity index (χ0n) is 8.84. The first-order valence-electron chi connectivity index (χ1n) is 5.42. The van der Waals surface area contributed by atoms with Crippen LogP contribution in [0, 0.1) is 0 Å². The van der Waals surface area contributed by atoms with E-state index in [1.54, 1.807) is 0 Å². The van der Waals surface area contributed by atoms with E-state index in [2.05, 4.69) is 17.6 Å². The highest BCUT2D eigenvalue weighted by atomic mass is 16.5. The minimum atomic E-state index is 0.140. The van der Waals surface area contributed by atoms with Crippen LogP contribution >= 0.6 is 0 Å². The number of nitrogens with one attached hydrogen (secondary N) is 2. The van der Waals surface area contributed by atoms with Gasteiger partial charge in [-0.15, -0.1) is 0 Å². The Labute approximate surface area is 85.4 Å². The van der Waals surface area contributed by atoms with Gasteiger partial charge >= 0.3 is 0 Å². The third-order valence-electron chi connectivity index (χ3n) is 2.29. The van der Waals surface area contributed by atoms with Gasteiger partial charge in [0.1, 0.15) is 0 Å². The molecule has 1 unspecified atom stereocenters. The molecule has 1 heterocycles. The van der Waals surface area contributed by atoms with Gasteiger partial charge in [-0.3, -0.25) is 4.79 Å². The lowest BCUT2D eigenvalue weighted by atomic mass is 10.2. The summed E-state index contributed by atoms with van der Waals surface area (Å²) in [5.74, 6) is 0.140. The molecule has 1 fully saturated rings. The molecule has 1 atom stereocenters. The molecule has 0 aromatic carbocycles. The summed E-state index contributed by atoms with van der Waals surface area (Å²) in [4.78, 5) is 11.3. The van der Waals surface area contributed by atoms with Crippen LogP contribution in [0.4, 0.5) is 0 Å². The van der Waals surface area contributed by atoms with Crippen molar-refractivity contribution in [3.05, 3.63) is 0 Å². The lowest BCUT2D eigenvalue weighted by Crippen LogP contribution is -2.45. The van der Waals surface area contributed by atoms with Gasteiger partial charge < -0.3 is 15.4 Å². The molecule has 2 N–H and O–H groups in total. The molecular formula is C10H20N2O2. The van der Waals surface area contributed by atoms with Crippen molar-refractivity contribution < 1.29 is 9.53 Å². The summed E-state index contributed by atoms with van der Waals surface area (Å²) >= 11 is 0. The van der Waals surface area contributed by atoms with Gasteiger partial charge in [0.25, 0.3) is 0 Å². The number of hydrogen-bond donors (Lipinski definition) is 2. The molecule has 0 aliphatic carbocycles. The molecule has 0 saturated carbocycles. The van der Waals surface area contributed by atoms with Crippen molar-refractivity contribution in [3.8, 4) is 0 Å². The van der Waals surface area contributed by atoms with E-state index >= 15 is 0 Å². The SMILES string of the molecule is CCCCC(=O)NCC1CNCCO1. The second-order valence-electron chi connectivity index (χ2n) is 3.60. The van der Waals surface area contributed by atoms with Crippen molar-refractivity contribution in [2.75, 3.05) is 26.2 Å². The predicted octanol–water partition coefficient (Wildman–Crippen LogP) is 0.281. The fraction of sp³-hybridized carbons (Fsp3) is 0.900. The van der Waals surface area contributed by atoms with E-state index in [0.717, 1.165) is 32.5 Å². The Morgan fingerprint density at radius 2 is 2.50 bits per heavy atom. The van der Waals surface area contributed by atoms with Crippen molar-refractivity contribution in [2.24, 2.45) is 0 Å². The van der Waals surface area contributed by atoms with Gasteiger partial charge in [-0.05, 0) is 6.42 Å². The summed E-state index contributed by atoms with van der Waals surface area (Å²) in [5.41, 5.74) is 0. The Kier molecular flexibility index (Phi) is 5.56. The number of morpholine rings is 1. The number of carbonyl (C=O) groups is 1. The maximum absolute atomic E-state index is 11.3. The number of ether oxygens (including phenoxy) is 1. The summed E-state index contributed by atoms with van der Waals surface area (Å²) in [7, 11) is 0. The van der Waals surface area contributed by atoms with Gasteiger partial charge in [-0.2, -0.15) is 0 Å². The number of carbonyl (C=O) groups excluding carboxylic acids is 1. The average Bonchev–Trinajstić information content (AvgIpc) is 2.25. The minimum Gasteiger partial charge on any atom is -0.374 e. The Morgan fingerprint density at radius 1 is 1.64 bits per heavy atom. The van der Waals surface area contributed by atoms with E-state index in [1.165, 1.54) is 0 Å². The normalized spacial score (nSPS) is 21.9. The number of unbranched alkanes of at least 4 members (excludes halogenated alkanes) is 1. The van der Waals surface area contributed by atoms with Crippen LogP contribution in [-0.4, -0.2) is 38.3 Å². The molecule has 0 spiro atoms. The Balaban J connectivity index is 2.03. The Morgan fingerprint density at radius 3 is 3.14 bits per heavy atom. The molecule has 1 amide bonds. The molecule has 1 aliphatic heterocycles. The van der Waals surface area contributed by atoms with Gasteiger partial charge in [0.2, 0.25) is 5.91 Å². The first-order valence-corrected chi connectivity index (χ1v) is 5.42. The molecule has 1 rings (SSSR count). The zero-order valence-corrected chi connectivity index (χ0v) is 8.84. The van der Waals surface area contributed by atoms with Crippen LogP contribution < -0.4 is 10.6 Å². The topological polar surface area (TPSA) is 50.4 Å². The molecule has 0 aromatic heterocycles.